The summed E-state index contributed by atoms with van der Waals surface area (Å²) in [7, 11) is 1.56. The monoisotopic (exact) mass is 250 g/mol. The molecule has 100 valence electrons. The summed E-state index contributed by atoms with van der Waals surface area (Å²) in [5.74, 6) is 1.42. The third kappa shape index (κ3) is 2.80. The van der Waals surface area contributed by atoms with E-state index in [1.165, 1.54) is 19.3 Å². The van der Waals surface area contributed by atoms with Gasteiger partial charge in [0.2, 0.25) is 5.88 Å². The SMILES string of the molecule is CCC1CCCCC1C(O)c1ccc(OC)nn1. The van der Waals surface area contributed by atoms with Crippen LogP contribution in [0.25, 0.3) is 0 Å². The Kier molecular flexibility index (Phi) is 4.53. The van der Waals surface area contributed by atoms with Crippen LogP contribution in [0.3, 0.4) is 0 Å². The van der Waals surface area contributed by atoms with E-state index in [1.807, 2.05) is 6.07 Å². The maximum absolute atomic E-state index is 10.5. The van der Waals surface area contributed by atoms with Crippen LogP contribution in [-0.2, 0) is 0 Å². The molecule has 0 amide bonds. The molecule has 0 aliphatic heterocycles. The topological polar surface area (TPSA) is 55.2 Å². The predicted molar refractivity (Wildman–Crippen MR) is 69.3 cm³/mol. The van der Waals surface area contributed by atoms with E-state index >= 15 is 0 Å². The Labute approximate surface area is 108 Å². The highest BCUT2D eigenvalue weighted by atomic mass is 16.5. The van der Waals surface area contributed by atoms with Gasteiger partial charge in [-0.15, -0.1) is 10.2 Å². The molecule has 1 saturated carbocycles. The molecule has 0 radical (unpaired) electrons. The summed E-state index contributed by atoms with van der Waals surface area (Å²) in [6.07, 6.45) is 5.45. The van der Waals surface area contributed by atoms with Gasteiger partial charge in [-0.25, -0.2) is 0 Å². The Balaban J connectivity index is 2.10. The van der Waals surface area contributed by atoms with Crippen molar-refractivity contribution in [3.05, 3.63) is 17.8 Å². The molecule has 0 spiro atoms. The molecular weight excluding hydrogens is 228 g/mol. The number of rotatable bonds is 4. The number of ether oxygens (including phenoxy) is 1. The number of aliphatic hydroxyl groups excluding tert-OH is 1. The summed E-state index contributed by atoms with van der Waals surface area (Å²) in [5, 5.41) is 18.5. The second kappa shape index (κ2) is 6.14. The van der Waals surface area contributed by atoms with Gasteiger partial charge in [-0.05, 0) is 24.3 Å². The molecule has 1 aromatic rings. The van der Waals surface area contributed by atoms with Crippen LogP contribution in [0.15, 0.2) is 12.1 Å². The maximum atomic E-state index is 10.5. The number of aromatic nitrogens is 2. The van der Waals surface area contributed by atoms with Crippen molar-refractivity contribution in [2.75, 3.05) is 7.11 Å². The smallest absolute Gasteiger partial charge is 0.233 e. The van der Waals surface area contributed by atoms with E-state index in [0.29, 0.717) is 23.4 Å². The number of methoxy groups -OCH3 is 1. The molecule has 2 rings (SSSR count). The van der Waals surface area contributed by atoms with Crippen molar-refractivity contribution in [1.29, 1.82) is 0 Å². The Morgan fingerprint density at radius 2 is 2.11 bits per heavy atom. The lowest BCUT2D eigenvalue weighted by Crippen LogP contribution is -2.26. The fraction of sp³-hybridized carbons (Fsp3) is 0.714. The summed E-state index contributed by atoms with van der Waals surface area (Å²) in [5.41, 5.74) is 0.668. The van der Waals surface area contributed by atoms with Gasteiger partial charge in [-0.1, -0.05) is 32.6 Å². The van der Waals surface area contributed by atoms with Gasteiger partial charge in [0.1, 0.15) is 6.10 Å². The number of nitrogens with zero attached hydrogens (tertiary/aromatic N) is 2. The zero-order valence-corrected chi connectivity index (χ0v) is 11.2. The van der Waals surface area contributed by atoms with Gasteiger partial charge in [0.25, 0.3) is 0 Å². The molecule has 3 atom stereocenters. The van der Waals surface area contributed by atoms with Crippen LogP contribution in [0.5, 0.6) is 5.88 Å². The second-order valence-corrected chi connectivity index (χ2v) is 5.06. The molecule has 0 aromatic carbocycles. The molecule has 4 nitrogen and oxygen atoms in total. The maximum Gasteiger partial charge on any atom is 0.233 e. The van der Waals surface area contributed by atoms with Crippen LogP contribution in [0.2, 0.25) is 0 Å². The number of aliphatic hydroxyl groups is 1. The highest BCUT2D eigenvalue weighted by molar-refractivity contribution is 5.13. The van der Waals surface area contributed by atoms with Crippen LogP contribution in [0.4, 0.5) is 0 Å². The first-order valence-corrected chi connectivity index (χ1v) is 6.82. The van der Waals surface area contributed by atoms with E-state index in [2.05, 4.69) is 17.1 Å². The minimum absolute atomic E-state index is 0.325. The van der Waals surface area contributed by atoms with Crippen LogP contribution in [0.1, 0.15) is 50.8 Å². The van der Waals surface area contributed by atoms with E-state index in [9.17, 15) is 5.11 Å². The van der Waals surface area contributed by atoms with E-state index in [-0.39, 0.29) is 0 Å². The van der Waals surface area contributed by atoms with Gasteiger partial charge >= 0.3 is 0 Å². The van der Waals surface area contributed by atoms with E-state index in [0.717, 1.165) is 12.8 Å². The molecule has 18 heavy (non-hydrogen) atoms. The van der Waals surface area contributed by atoms with Crippen molar-refractivity contribution in [3.8, 4) is 5.88 Å². The Bertz CT molecular complexity index is 367. The van der Waals surface area contributed by atoms with Gasteiger partial charge in [0, 0.05) is 6.07 Å². The summed E-state index contributed by atoms with van der Waals surface area (Å²) >= 11 is 0. The van der Waals surface area contributed by atoms with E-state index in [1.54, 1.807) is 13.2 Å². The molecular formula is C14H22N2O2. The van der Waals surface area contributed by atoms with E-state index < -0.39 is 6.10 Å². The first-order chi connectivity index (χ1) is 8.76. The first-order valence-electron chi connectivity index (χ1n) is 6.82. The second-order valence-electron chi connectivity index (χ2n) is 5.06. The third-order valence-electron chi connectivity index (χ3n) is 4.07. The lowest BCUT2D eigenvalue weighted by molar-refractivity contribution is 0.0414. The molecule has 1 aliphatic rings. The van der Waals surface area contributed by atoms with E-state index in [4.69, 9.17) is 4.74 Å². The zero-order chi connectivity index (χ0) is 13.0. The fourth-order valence-electron chi connectivity index (χ4n) is 2.98. The largest absolute Gasteiger partial charge is 0.480 e. The Morgan fingerprint density at radius 3 is 2.72 bits per heavy atom. The molecule has 1 aliphatic carbocycles. The summed E-state index contributed by atoms with van der Waals surface area (Å²) in [6.45, 7) is 2.20. The minimum Gasteiger partial charge on any atom is -0.480 e. The molecule has 1 N–H and O–H groups in total. The standard InChI is InChI=1S/C14H22N2O2/c1-3-10-6-4-5-7-11(10)14(17)12-8-9-13(18-2)16-15-12/h8-11,14,17H,3-7H2,1-2H3. The molecule has 0 bridgehead atoms. The predicted octanol–water partition coefficient (Wildman–Crippen LogP) is 2.74. The van der Waals surface area contributed by atoms with Crippen LogP contribution < -0.4 is 4.74 Å². The van der Waals surface area contributed by atoms with Gasteiger partial charge in [0.05, 0.1) is 12.8 Å². The lowest BCUT2D eigenvalue weighted by atomic mass is 9.74. The Morgan fingerprint density at radius 1 is 1.33 bits per heavy atom. The van der Waals surface area contributed by atoms with Crippen molar-refractivity contribution < 1.29 is 9.84 Å². The molecule has 1 heterocycles. The van der Waals surface area contributed by atoms with Crippen molar-refractivity contribution >= 4 is 0 Å². The highest BCUT2D eigenvalue weighted by Gasteiger charge is 2.31. The highest BCUT2D eigenvalue weighted by Crippen LogP contribution is 2.39. The molecule has 0 saturated heterocycles. The zero-order valence-electron chi connectivity index (χ0n) is 11.2. The van der Waals surface area contributed by atoms with Gasteiger partial charge in [-0.3, -0.25) is 0 Å². The average Bonchev–Trinajstić information content (AvgIpc) is 2.46. The molecule has 3 unspecified atom stereocenters. The van der Waals surface area contributed by atoms with Crippen molar-refractivity contribution in [1.82, 2.24) is 10.2 Å². The van der Waals surface area contributed by atoms with Crippen LogP contribution in [-0.4, -0.2) is 22.4 Å². The van der Waals surface area contributed by atoms with Crippen LogP contribution in [0, 0.1) is 11.8 Å². The molecule has 4 heteroatoms. The van der Waals surface area contributed by atoms with Crippen molar-refractivity contribution in [2.45, 2.75) is 45.1 Å². The first kappa shape index (κ1) is 13.3. The number of hydrogen-bond acceptors (Lipinski definition) is 4. The third-order valence-corrected chi connectivity index (χ3v) is 4.07. The number of hydrogen-bond donors (Lipinski definition) is 1. The molecule has 1 fully saturated rings. The van der Waals surface area contributed by atoms with Gasteiger partial charge in [-0.2, -0.15) is 0 Å². The van der Waals surface area contributed by atoms with Gasteiger partial charge in [0.15, 0.2) is 0 Å². The van der Waals surface area contributed by atoms with Gasteiger partial charge < -0.3 is 9.84 Å². The average molecular weight is 250 g/mol. The summed E-state index contributed by atoms with van der Waals surface area (Å²) in [6, 6.07) is 3.58. The fourth-order valence-corrected chi connectivity index (χ4v) is 2.98. The van der Waals surface area contributed by atoms with Crippen molar-refractivity contribution in [2.24, 2.45) is 11.8 Å². The summed E-state index contributed by atoms with van der Waals surface area (Å²) in [4.78, 5) is 0. The normalized spacial score (nSPS) is 25.7. The Hall–Kier alpha value is -1.16. The quantitative estimate of drug-likeness (QED) is 0.892. The minimum atomic E-state index is -0.492. The molecule has 1 aromatic heterocycles. The van der Waals surface area contributed by atoms with Crippen molar-refractivity contribution in [3.63, 3.8) is 0 Å². The van der Waals surface area contributed by atoms with Crippen LogP contribution >= 0.6 is 0 Å². The lowest BCUT2D eigenvalue weighted by Gasteiger charge is -2.33. The summed E-state index contributed by atoms with van der Waals surface area (Å²) < 4.78 is 4.98.